The normalized spacial score (nSPS) is 19.4. The van der Waals surface area contributed by atoms with Crippen molar-refractivity contribution >= 4 is 34.3 Å². The van der Waals surface area contributed by atoms with Gasteiger partial charge >= 0.3 is 6.09 Å². The third-order valence-electron chi connectivity index (χ3n) is 6.53. The quantitative estimate of drug-likeness (QED) is 0.321. The lowest BCUT2D eigenvalue weighted by molar-refractivity contribution is 0.0183. The lowest BCUT2D eigenvalue weighted by Gasteiger charge is -2.48. The molecule has 2 atom stereocenters. The van der Waals surface area contributed by atoms with E-state index in [9.17, 15) is 9.18 Å². The Balaban J connectivity index is 1.56. The van der Waals surface area contributed by atoms with Gasteiger partial charge < -0.3 is 24.0 Å². The Hall–Kier alpha value is -3.26. The Morgan fingerprint density at radius 1 is 1.22 bits per heavy atom. The number of aryl methyl sites for hydroxylation is 1. The van der Waals surface area contributed by atoms with Crippen LogP contribution in [0.1, 0.15) is 26.3 Å². The van der Waals surface area contributed by atoms with Gasteiger partial charge in [-0.15, -0.1) is 0 Å². The van der Waals surface area contributed by atoms with E-state index in [1.54, 1.807) is 23.2 Å². The van der Waals surface area contributed by atoms with Crippen molar-refractivity contribution in [3.05, 3.63) is 47.9 Å². The van der Waals surface area contributed by atoms with Crippen molar-refractivity contribution in [2.75, 3.05) is 31.7 Å². The number of carbonyl (C=O) groups is 1. The minimum atomic E-state index is -0.594. The van der Waals surface area contributed by atoms with Crippen LogP contribution in [-0.4, -0.2) is 59.9 Å². The molecular weight excluding hydrogens is 485 g/mol. The summed E-state index contributed by atoms with van der Waals surface area (Å²) in [6.45, 7) is 8.53. The maximum absolute atomic E-state index is 14.9. The number of alkyl halides is 1. The molecule has 3 heterocycles. The minimum Gasteiger partial charge on any atom is -0.496 e. The zero-order valence-electron chi connectivity index (χ0n) is 21.0. The molecule has 1 aromatic heterocycles. The molecule has 1 saturated heterocycles. The van der Waals surface area contributed by atoms with Crippen molar-refractivity contribution in [1.82, 2.24) is 9.88 Å². The molecule has 7 nitrogen and oxygen atoms in total. The first-order valence-electron chi connectivity index (χ1n) is 11.9. The number of halogens is 2. The number of anilines is 1. The van der Waals surface area contributed by atoms with Crippen molar-refractivity contribution < 1.29 is 23.4 Å². The second-order valence-corrected chi connectivity index (χ2v) is 10.6. The predicted octanol–water partition coefficient (Wildman–Crippen LogP) is 5.74. The largest absolute Gasteiger partial charge is 0.496 e. The Morgan fingerprint density at radius 2 is 2.00 bits per heavy atom. The zero-order valence-corrected chi connectivity index (χ0v) is 21.7. The van der Waals surface area contributed by atoms with Crippen LogP contribution in [0.4, 0.5) is 14.9 Å². The number of pyridine rings is 1. The topological polar surface area (TPSA) is 64.1 Å². The van der Waals surface area contributed by atoms with E-state index in [1.807, 2.05) is 39.8 Å². The number of rotatable bonds is 2. The molecule has 9 heteroatoms. The lowest BCUT2D eigenvalue weighted by atomic mass is 9.95. The number of hydrogen-bond acceptors (Lipinski definition) is 6. The SMILES string of the molecule is COc1cccc(F)c1-c1ccc2c3c(cnc2c1C)OC[C@H]1CN(C(=O)OC(C)(C)C)CC(Cl)N31. The standard InChI is InChI=1S/C27H29ClFN3O4/c1-15-17(23-19(29)7-6-8-20(23)34-5)9-10-18-24(15)30-11-21-25(18)32-16(14-35-21)12-31(13-22(32)28)26(33)36-27(2,3)4/h6-11,16,22H,12-14H2,1-5H3/t16-,22?/m1/s1. The summed E-state index contributed by atoms with van der Waals surface area (Å²) in [5, 5.41) is 0.852. The molecule has 2 aliphatic rings. The van der Waals surface area contributed by atoms with E-state index in [1.165, 1.54) is 13.2 Å². The summed E-state index contributed by atoms with van der Waals surface area (Å²) in [5.41, 5.74) is 2.39. The number of fused-ring (bicyclic) bond motifs is 5. The number of aromatic nitrogens is 1. The van der Waals surface area contributed by atoms with E-state index in [2.05, 4.69) is 9.88 Å². The second-order valence-electron chi connectivity index (χ2n) is 10.1. The summed E-state index contributed by atoms with van der Waals surface area (Å²) < 4.78 is 31.9. The maximum Gasteiger partial charge on any atom is 0.410 e. The first kappa shape index (κ1) is 24.4. The number of nitrogens with zero attached hydrogens (tertiary/aromatic N) is 3. The molecule has 0 saturated carbocycles. The average molecular weight is 514 g/mol. The van der Waals surface area contributed by atoms with Crippen molar-refractivity contribution in [2.45, 2.75) is 44.8 Å². The van der Waals surface area contributed by atoms with Gasteiger partial charge in [0.25, 0.3) is 0 Å². The molecule has 2 aliphatic heterocycles. The summed E-state index contributed by atoms with van der Waals surface area (Å²) in [6, 6.07) is 8.43. The molecule has 0 spiro atoms. The lowest BCUT2D eigenvalue weighted by Crippen LogP contribution is -2.62. The fourth-order valence-corrected chi connectivity index (χ4v) is 5.41. The molecule has 3 aromatic rings. The molecule has 1 amide bonds. The number of methoxy groups -OCH3 is 1. The summed E-state index contributed by atoms with van der Waals surface area (Å²) >= 11 is 6.89. The van der Waals surface area contributed by atoms with Crippen LogP contribution in [0, 0.1) is 12.7 Å². The average Bonchev–Trinajstić information content (AvgIpc) is 2.82. The Kier molecular flexibility index (Phi) is 6.11. The van der Waals surface area contributed by atoms with E-state index in [-0.39, 0.29) is 11.9 Å². The molecule has 5 rings (SSSR count). The highest BCUT2D eigenvalue weighted by molar-refractivity contribution is 6.23. The van der Waals surface area contributed by atoms with Gasteiger partial charge in [0, 0.05) is 11.9 Å². The summed E-state index contributed by atoms with van der Waals surface area (Å²) in [5.74, 6) is 0.723. The van der Waals surface area contributed by atoms with Crippen LogP contribution < -0.4 is 14.4 Å². The maximum atomic E-state index is 14.9. The van der Waals surface area contributed by atoms with Gasteiger partial charge in [0.05, 0.1) is 42.7 Å². The van der Waals surface area contributed by atoms with E-state index in [0.29, 0.717) is 42.3 Å². The fraction of sp³-hybridized carbons (Fsp3) is 0.407. The third kappa shape index (κ3) is 4.17. The van der Waals surface area contributed by atoms with Crippen LogP contribution in [0.15, 0.2) is 36.5 Å². The number of benzene rings is 2. The molecule has 0 bridgehead atoms. The van der Waals surface area contributed by atoms with Crippen LogP contribution in [0.2, 0.25) is 0 Å². The molecule has 0 N–H and O–H groups in total. The third-order valence-corrected chi connectivity index (χ3v) is 6.88. The Bertz CT molecular complexity index is 1340. The summed E-state index contributed by atoms with van der Waals surface area (Å²) in [4.78, 5) is 21.1. The number of hydrogen-bond donors (Lipinski definition) is 0. The van der Waals surface area contributed by atoms with Gasteiger partial charge in [0.2, 0.25) is 0 Å². The van der Waals surface area contributed by atoms with Gasteiger partial charge in [-0.1, -0.05) is 23.7 Å². The Labute approximate surface area is 214 Å². The molecule has 0 aliphatic carbocycles. The van der Waals surface area contributed by atoms with Crippen LogP contribution in [0.5, 0.6) is 11.5 Å². The first-order valence-corrected chi connectivity index (χ1v) is 12.3. The van der Waals surface area contributed by atoms with E-state index in [4.69, 9.17) is 25.8 Å². The highest BCUT2D eigenvalue weighted by atomic mass is 35.5. The summed E-state index contributed by atoms with van der Waals surface area (Å²) in [6.07, 6.45) is 1.30. The van der Waals surface area contributed by atoms with E-state index < -0.39 is 17.2 Å². The monoisotopic (exact) mass is 513 g/mol. The van der Waals surface area contributed by atoms with Crippen LogP contribution >= 0.6 is 11.6 Å². The fourth-order valence-electron chi connectivity index (χ4n) is 4.99. The van der Waals surface area contributed by atoms with Gasteiger partial charge in [-0.3, -0.25) is 4.98 Å². The van der Waals surface area contributed by atoms with Gasteiger partial charge in [-0.2, -0.15) is 0 Å². The van der Waals surface area contributed by atoms with Gasteiger partial charge in [-0.25, -0.2) is 9.18 Å². The zero-order chi connectivity index (χ0) is 25.8. The second kappa shape index (κ2) is 9.00. The smallest absolute Gasteiger partial charge is 0.410 e. The summed E-state index contributed by atoms with van der Waals surface area (Å²) in [7, 11) is 1.53. The number of carbonyl (C=O) groups excluding carboxylic acids is 1. The molecule has 0 radical (unpaired) electrons. The van der Waals surface area contributed by atoms with Crippen molar-refractivity contribution in [3.63, 3.8) is 0 Å². The predicted molar refractivity (Wildman–Crippen MR) is 138 cm³/mol. The first-order chi connectivity index (χ1) is 17.1. The van der Waals surface area contributed by atoms with Crippen LogP contribution in [0.3, 0.4) is 0 Å². The Morgan fingerprint density at radius 3 is 2.72 bits per heavy atom. The van der Waals surface area contributed by atoms with Gasteiger partial charge in [-0.05, 0) is 57.0 Å². The number of ether oxygens (including phenoxy) is 3. The highest BCUT2D eigenvalue weighted by Crippen LogP contribution is 2.45. The van der Waals surface area contributed by atoms with Crippen molar-refractivity contribution in [3.8, 4) is 22.6 Å². The van der Waals surface area contributed by atoms with Crippen molar-refractivity contribution in [1.29, 1.82) is 0 Å². The van der Waals surface area contributed by atoms with Gasteiger partial charge in [0.1, 0.15) is 29.3 Å². The number of piperazine rings is 1. The van der Waals surface area contributed by atoms with E-state index in [0.717, 1.165) is 22.2 Å². The van der Waals surface area contributed by atoms with Crippen molar-refractivity contribution in [2.24, 2.45) is 0 Å². The molecule has 36 heavy (non-hydrogen) atoms. The molecular formula is C27H29ClFN3O4. The molecule has 1 unspecified atom stereocenters. The molecule has 190 valence electrons. The molecule has 1 fully saturated rings. The van der Waals surface area contributed by atoms with E-state index >= 15 is 0 Å². The van der Waals surface area contributed by atoms with Gasteiger partial charge in [0.15, 0.2) is 5.75 Å². The molecule has 2 aromatic carbocycles. The number of amides is 1. The minimum absolute atomic E-state index is 0.154. The van der Waals surface area contributed by atoms with Crippen LogP contribution in [0.25, 0.3) is 22.0 Å². The highest BCUT2D eigenvalue weighted by Gasteiger charge is 2.42. The van der Waals surface area contributed by atoms with Crippen LogP contribution in [-0.2, 0) is 4.74 Å².